The lowest BCUT2D eigenvalue weighted by atomic mass is 10.2. The number of anilines is 2. The van der Waals surface area contributed by atoms with Crippen LogP contribution in [0.3, 0.4) is 0 Å². The highest BCUT2D eigenvalue weighted by atomic mass is 79.9. The lowest BCUT2D eigenvalue weighted by molar-refractivity contribution is 0.601. The van der Waals surface area contributed by atoms with Crippen molar-refractivity contribution in [1.29, 1.82) is 0 Å². The van der Waals surface area contributed by atoms with Crippen molar-refractivity contribution >= 4 is 37.5 Å². The van der Waals surface area contributed by atoms with Crippen molar-refractivity contribution in [2.24, 2.45) is 5.84 Å². The van der Waals surface area contributed by atoms with Crippen LogP contribution in [0.1, 0.15) is 12.5 Å². The molecule has 0 radical (unpaired) electrons. The van der Waals surface area contributed by atoms with E-state index in [1.807, 2.05) is 19.1 Å². The molecule has 0 saturated heterocycles. The Morgan fingerprint density at radius 1 is 1.29 bits per heavy atom. The van der Waals surface area contributed by atoms with Crippen molar-refractivity contribution in [1.82, 2.24) is 4.98 Å². The number of hydrazine groups is 1. The molecule has 0 aliphatic carbocycles. The summed E-state index contributed by atoms with van der Waals surface area (Å²) in [6, 6.07) is 8.62. The van der Waals surface area contributed by atoms with E-state index in [1.54, 1.807) is 12.1 Å². The van der Waals surface area contributed by atoms with Gasteiger partial charge in [-0.15, -0.1) is 0 Å². The van der Waals surface area contributed by atoms with E-state index in [0.717, 1.165) is 12.0 Å². The molecule has 0 amide bonds. The number of pyridine rings is 1. The van der Waals surface area contributed by atoms with Crippen molar-refractivity contribution in [2.45, 2.75) is 18.2 Å². The smallest absolute Gasteiger partial charge is 0.265 e. The first kappa shape index (κ1) is 15.7. The zero-order valence-corrected chi connectivity index (χ0v) is 13.7. The third-order valence-corrected chi connectivity index (χ3v) is 4.69. The minimum atomic E-state index is -3.78. The van der Waals surface area contributed by atoms with Gasteiger partial charge in [-0.3, -0.25) is 4.72 Å². The highest BCUT2D eigenvalue weighted by Crippen LogP contribution is 2.24. The molecule has 1 heterocycles. The van der Waals surface area contributed by atoms with E-state index in [-0.39, 0.29) is 10.7 Å². The van der Waals surface area contributed by atoms with Gasteiger partial charge in [0, 0.05) is 16.4 Å². The monoisotopic (exact) mass is 370 g/mol. The first-order valence-electron chi connectivity index (χ1n) is 6.20. The number of aryl methyl sites for hydroxylation is 1. The molecule has 1 aromatic carbocycles. The van der Waals surface area contributed by atoms with Crippen LogP contribution in [-0.2, 0) is 16.4 Å². The maximum atomic E-state index is 12.4. The number of aromatic nitrogens is 1. The molecule has 6 nitrogen and oxygen atoms in total. The number of sulfonamides is 1. The Morgan fingerprint density at radius 3 is 2.52 bits per heavy atom. The Kier molecular flexibility index (Phi) is 4.81. The second-order valence-electron chi connectivity index (χ2n) is 4.30. The van der Waals surface area contributed by atoms with Gasteiger partial charge in [-0.25, -0.2) is 19.2 Å². The summed E-state index contributed by atoms with van der Waals surface area (Å²) in [5.41, 5.74) is 3.89. The average Bonchev–Trinajstić information content (AvgIpc) is 2.47. The van der Waals surface area contributed by atoms with Crippen LogP contribution >= 0.6 is 15.9 Å². The van der Waals surface area contributed by atoms with Gasteiger partial charge in [0.05, 0.1) is 0 Å². The molecule has 1 aromatic heterocycles. The van der Waals surface area contributed by atoms with Crippen molar-refractivity contribution in [2.75, 3.05) is 10.1 Å². The lowest BCUT2D eigenvalue weighted by Crippen LogP contribution is -2.18. The summed E-state index contributed by atoms with van der Waals surface area (Å²) < 4.78 is 27.9. The van der Waals surface area contributed by atoms with Gasteiger partial charge in [0.2, 0.25) is 0 Å². The van der Waals surface area contributed by atoms with Gasteiger partial charge in [0.1, 0.15) is 4.90 Å². The number of nitrogens with two attached hydrogens (primary N) is 1. The highest BCUT2D eigenvalue weighted by molar-refractivity contribution is 9.10. The number of benzene rings is 1. The molecule has 0 saturated carbocycles. The molecule has 0 bridgehead atoms. The number of nitrogens with zero attached hydrogens (tertiary/aromatic N) is 1. The highest BCUT2D eigenvalue weighted by Gasteiger charge is 2.20. The van der Waals surface area contributed by atoms with Crippen LogP contribution in [0.2, 0.25) is 0 Å². The Bertz CT molecular complexity index is 732. The summed E-state index contributed by atoms with van der Waals surface area (Å²) in [5.74, 6) is 5.39. The Morgan fingerprint density at radius 2 is 1.95 bits per heavy atom. The molecule has 2 rings (SSSR count). The number of halogens is 1. The van der Waals surface area contributed by atoms with E-state index in [9.17, 15) is 8.42 Å². The topological polar surface area (TPSA) is 97.1 Å². The summed E-state index contributed by atoms with van der Waals surface area (Å²) >= 11 is 3.20. The van der Waals surface area contributed by atoms with Gasteiger partial charge in [-0.2, -0.15) is 0 Å². The number of hydrogen-bond donors (Lipinski definition) is 3. The van der Waals surface area contributed by atoms with E-state index in [2.05, 4.69) is 31.1 Å². The van der Waals surface area contributed by atoms with Crippen LogP contribution in [0.4, 0.5) is 11.5 Å². The Balaban J connectivity index is 2.35. The van der Waals surface area contributed by atoms with Crippen molar-refractivity contribution in [3.8, 4) is 0 Å². The van der Waals surface area contributed by atoms with Crippen molar-refractivity contribution in [3.05, 3.63) is 46.6 Å². The average molecular weight is 371 g/mol. The minimum absolute atomic E-state index is 0.0288. The fourth-order valence-corrected chi connectivity index (χ4v) is 3.44. The van der Waals surface area contributed by atoms with Gasteiger partial charge in [-0.1, -0.05) is 19.1 Å². The molecule has 0 atom stereocenters. The van der Waals surface area contributed by atoms with E-state index in [1.165, 1.54) is 12.3 Å². The molecular formula is C13H15BrN4O2S. The van der Waals surface area contributed by atoms with Gasteiger partial charge >= 0.3 is 0 Å². The summed E-state index contributed by atoms with van der Waals surface area (Å²) in [6.07, 6.45) is 2.36. The number of hydrogen-bond acceptors (Lipinski definition) is 5. The quantitative estimate of drug-likeness (QED) is 0.554. The Labute approximate surface area is 131 Å². The van der Waals surface area contributed by atoms with E-state index < -0.39 is 10.0 Å². The van der Waals surface area contributed by atoms with E-state index in [0.29, 0.717) is 10.2 Å². The molecule has 0 spiro atoms. The second-order valence-corrected chi connectivity index (χ2v) is 6.87. The minimum Gasteiger partial charge on any atom is -0.307 e. The van der Waals surface area contributed by atoms with Gasteiger partial charge in [0.15, 0.2) is 5.82 Å². The Hall–Kier alpha value is -1.64. The first-order chi connectivity index (χ1) is 9.96. The second kappa shape index (κ2) is 6.42. The van der Waals surface area contributed by atoms with Crippen LogP contribution in [0, 0.1) is 0 Å². The maximum Gasteiger partial charge on any atom is 0.265 e. The van der Waals surface area contributed by atoms with Crippen LogP contribution in [0.5, 0.6) is 0 Å². The SMILES string of the molecule is CCc1ccc(NS(=O)(=O)c2cc(Br)cnc2NN)cc1. The normalized spacial score (nSPS) is 11.2. The molecule has 8 heteroatoms. The van der Waals surface area contributed by atoms with Crippen LogP contribution < -0.4 is 16.0 Å². The molecule has 0 unspecified atom stereocenters. The maximum absolute atomic E-state index is 12.4. The van der Waals surface area contributed by atoms with E-state index in [4.69, 9.17) is 5.84 Å². The zero-order valence-electron chi connectivity index (χ0n) is 11.3. The molecule has 112 valence electrons. The van der Waals surface area contributed by atoms with Crippen molar-refractivity contribution in [3.63, 3.8) is 0 Å². The molecule has 0 fully saturated rings. The van der Waals surface area contributed by atoms with Gasteiger partial charge in [-0.05, 0) is 46.1 Å². The fourth-order valence-electron chi connectivity index (χ4n) is 1.75. The van der Waals surface area contributed by atoms with Gasteiger partial charge in [0.25, 0.3) is 10.0 Å². The molecule has 4 N–H and O–H groups in total. The van der Waals surface area contributed by atoms with Crippen LogP contribution in [0.15, 0.2) is 45.9 Å². The largest absolute Gasteiger partial charge is 0.307 e. The summed E-state index contributed by atoms with van der Waals surface area (Å²) in [6.45, 7) is 2.03. The lowest BCUT2D eigenvalue weighted by Gasteiger charge is -2.11. The standard InChI is InChI=1S/C13H15BrN4O2S/c1-2-9-3-5-11(6-4-9)18-21(19,20)12-7-10(14)8-16-13(12)17-15/h3-8,18H,2,15H2,1H3,(H,16,17). The van der Waals surface area contributed by atoms with E-state index >= 15 is 0 Å². The summed E-state index contributed by atoms with van der Waals surface area (Å²) in [7, 11) is -3.78. The molecule has 2 aromatic rings. The summed E-state index contributed by atoms with van der Waals surface area (Å²) in [4.78, 5) is 3.90. The third kappa shape index (κ3) is 3.72. The number of nitrogen functional groups attached to an aromatic ring is 1. The molecular weight excluding hydrogens is 356 g/mol. The summed E-state index contributed by atoms with van der Waals surface area (Å²) in [5, 5.41) is 0. The van der Waals surface area contributed by atoms with Crippen molar-refractivity contribution < 1.29 is 8.42 Å². The number of rotatable bonds is 5. The molecule has 21 heavy (non-hydrogen) atoms. The number of nitrogens with one attached hydrogen (secondary N) is 2. The first-order valence-corrected chi connectivity index (χ1v) is 8.48. The predicted octanol–water partition coefficient (Wildman–Crippen LogP) is 2.49. The zero-order chi connectivity index (χ0) is 15.5. The predicted molar refractivity (Wildman–Crippen MR) is 86.4 cm³/mol. The molecule has 0 aliphatic heterocycles. The third-order valence-electron chi connectivity index (χ3n) is 2.86. The van der Waals surface area contributed by atoms with Crippen LogP contribution in [0.25, 0.3) is 0 Å². The van der Waals surface area contributed by atoms with Crippen LogP contribution in [-0.4, -0.2) is 13.4 Å². The van der Waals surface area contributed by atoms with Gasteiger partial charge < -0.3 is 5.43 Å². The molecule has 0 aliphatic rings. The fraction of sp³-hybridized carbons (Fsp3) is 0.154.